The van der Waals surface area contributed by atoms with Crippen LogP contribution in [0.3, 0.4) is 0 Å². The van der Waals surface area contributed by atoms with Gasteiger partial charge in [-0.15, -0.1) is 11.3 Å². The second kappa shape index (κ2) is 6.81. The quantitative estimate of drug-likeness (QED) is 0.863. The van der Waals surface area contributed by atoms with Crippen molar-refractivity contribution in [3.63, 3.8) is 0 Å². The number of fused-ring (bicyclic) bond motifs is 3. The predicted octanol–water partition coefficient (Wildman–Crippen LogP) is 3.00. The molecule has 0 saturated heterocycles. The van der Waals surface area contributed by atoms with Crippen molar-refractivity contribution < 1.29 is 14.3 Å². The molecule has 2 aliphatic rings. The molecule has 0 bridgehead atoms. The number of hydrogen-bond donors (Lipinski definition) is 2. The molecule has 0 radical (unpaired) electrons. The molecule has 6 nitrogen and oxygen atoms in total. The van der Waals surface area contributed by atoms with Gasteiger partial charge < -0.3 is 20.1 Å². The first-order valence-electron chi connectivity index (χ1n) is 8.80. The van der Waals surface area contributed by atoms with Gasteiger partial charge in [0.1, 0.15) is 22.7 Å². The molecular weight excluding hydrogens is 350 g/mol. The molecule has 1 atom stereocenters. The zero-order valence-electron chi connectivity index (χ0n) is 15.2. The van der Waals surface area contributed by atoms with Gasteiger partial charge in [-0.05, 0) is 30.7 Å². The minimum atomic E-state index is -0.321. The lowest BCUT2D eigenvalue weighted by Gasteiger charge is -2.28. The summed E-state index contributed by atoms with van der Waals surface area (Å²) in [6.45, 7) is 5.15. The van der Waals surface area contributed by atoms with Gasteiger partial charge in [-0.25, -0.2) is 0 Å². The summed E-state index contributed by atoms with van der Waals surface area (Å²) in [6.07, 6.45) is 0.610. The maximum atomic E-state index is 12.9. The molecule has 1 aromatic heterocycles. The van der Waals surface area contributed by atoms with Gasteiger partial charge >= 0.3 is 0 Å². The molecule has 4 rings (SSSR count). The van der Waals surface area contributed by atoms with Crippen LogP contribution in [0.4, 0.5) is 5.00 Å². The average molecular weight is 373 g/mol. The van der Waals surface area contributed by atoms with Crippen LogP contribution in [0.15, 0.2) is 18.2 Å². The van der Waals surface area contributed by atoms with Crippen LogP contribution in [0.25, 0.3) is 0 Å². The third kappa shape index (κ3) is 2.81. The number of nitrogens with one attached hydrogen (secondary N) is 2. The number of nitrogens with zero attached hydrogens (tertiary/aromatic N) is 1. The van der Waals surface area contributed by atoms with Crippen molar-refractivity contribution in [2.75, 3.05) is 32.6 Å². The molecular formula is C19H23N3O3S. The summed E-state index contributed by atoms with van der Waals surface area (Å²) in [5.74, 6) is 1.40. The van der Waals surface area contributed by atoms with Gasteiger partial charge in [0.2, 0.25) is 0 Å². The van der Waals surface area contributed by atoms with Crippen molar-refractivity contribution in [2.45, 2.75) is 26.1 Å². The van der Waals surface area contributed by atoms with E-state index in [0.717, 1.165) is 47.9 Å². The number of anilines is 1. The number of benzene rings is 1. The average Bonchev–Trinajstić information content (AvgIpc) is 3.05. The Kier molecular flexibility index (Phi) is 4.50. The Hall–Kier alpha value is -2.25. The number of thiophene rings is 1. The van der Waals surface area contributed by atoms with Crippen molar-refractivity contribution in [3.05, 3.63) is 39.8 Å². The number of carbonyl (C=O) groups is 1. The molecule has 138 valence electrons. The van der Waals surface area contributed by atoms with E-state index in [-0.39, 0.29) is 12.1 Å². The normalized spacial score (nSPS) is 19.2. The molecule has 0 spiro atoms. The van der Waals surface area contributed by atoms with E-state index in [9.17, 15) is 4.79 Å². The molecule has 2 aromatic rings. The molecule has 0 aliphatic carbocycles. The minimum absolute atomic E-state index is 0.0101. The maximum absolute atomic E-state index is 12.9. The molecule has 1 amide bonds. The Morgan fingerprint density at radius 3 is 2.85 bits per heavy atom. The van der Waals surface area contributed by atoms with Gasteiger partial charge in [0.15, 0.2) is 0 Å². The number of ether oxygens (including phenoxy) is 2. The summed E-state index contributed by atoms with van der Waals surface area (Å²) in [5, 5.41) is 7.54. The molecule has 3 heterocycles. The highest BCUT2D eigenvalue weighted by Gasteiger charge is 2.34. The van der Waals surface area contributed by atoms with Crippen LogP contribution in [-0.4, -0.2) is 38.1 Å². The Morgan fingerprint density at radius 2 is 2.12 bits per heavy atom. The summed E-state index contributed by atoms with van der Waals surface area (Å²) in [5.41, 5.74) is 2.91. The van der Waals surface area contributed by atoms with Crippen molar-refractivity contribution in [1.29, 1.82) is 0 Å². The minimum Gasteiger partial charge on any atom is -0.497 e. The van der Waals surface area contributed by atoms with E-state index in [0.29, 0.717) is 5.75 Å². The summed E-state index contributed by atoms with van der Waals surface area (Å²) in [7, 11) is 3.24. The van der Waals surface area contributed by atoms with Gasteiger partial charge in [-0.3, -0.25) is 9.69 Å². The third-order valence-electron chi connectivity index (χ3n) is 5.11. The molecule has 0 unspecified atom stereocenters. The Morgan fingerprint density at radius 1 is 1.27 bits per heavy atom. The second-order valence-electron chi connectivity index (χ2n) is 6.49. The van der Waals surface area contributed by atoms with Gasteiger partial charge in [-0.2, -0.15) is 0 Å². The number of methoxy groups -OCH3 is 2. The maximum Gasteiger partial charge on any atom is 0.256 e. The first-order valence-corrected chi connectivity index (χ1v) is 9.62. The SMILES string of the molecule is CCN1CCc2c(sc3c2C(=O)N[C@H](c2ccc(OC)cc2OC)N3)C1. The lowest BCUT2D eigenvalue weighted by atomic mass is 10.00. The number of likely N-dealkylation sites (N-methyl/N-ethyl adjacent to an activating group) is 1. The first-order chi connectivity index (χ1) is 12.6. The molecule has 2 aliphatic heterocycles. The second-order valence-corrected chi connectivity index (χ2v) is 7.59. The Labute approximate surface area is 157 Å². The van der Waals surface area contributed by atoms with Crippen LogP contribution in [-0.2, 0) is 13.0 Å². The number of carbonyl (C=O) groups excluding carboxylic acids is 1. The summed E-state index contributed by atoms with van der Waals surface area (Å²) in [4.78, 5) is 16.6. The third-order valence-corrected chi connectivity index (χ3v) is 6.26. The standard InChI is InChI=1S/C19H23N3O3S/c1-4-22-8-7-13-15(10-22)26-19-16(13)18(23)20-17(21-19)12-6-5-11(24-2)9-14(12)25-3/h5-6,9,17,21H,4,7-8,10H2,1-3H3,(H,20,23)/t17-/m0/s1. The molecule has 26 heavy (non-hydrogen) atoms. The fourth-order valence-electron chi connectivity index (χ4n) is 3.65. The smallest absolute Gasteiger partial charge is 0.256 e. The molecule has 2 N–H and O–H groups in total. The van der Waals surface area contributed by atoms with Gasteiger partial charge in [0.25, 0.3) is 5.91 Å². The highest BCUT2D eigenvalue weighted by atomic mass is 32.1. The monoisotopic (exact) mass is 373 g/mol. The summed E-state index contributed by atoms with van der Waals surface area (Å²) >= 11 is 1.70. The van der Waals surface area contributed by atoms with E-state index in [4.69, 9.17) is 9.47 Å². The van der Waals surface area contributed by atoms with Crippen molar-refractivity contribution in [2.24, 2.45) is 0 Å². The zero-order chi connectivity index (χ0) is 18.3. The van der Waals surface area contributed by atoms with E-state index in [1.54, 1.807) is 25.6 Å². The lowest BCUT2D eigenvalue weighted by Crippen LogP contribution is -2.39. The summed E-state index contributed by atoms with van der Waals surface area (Å²) in [6, 6.07) is 5.63. The molecule has 7 heteroatoms. The van der Waals surface area contributed by atoms with E-state index in [1.807, 2.05) is 18.2 Å². The van der Waals surface area contributed by atoms with Crippen molar-refractivity contribution in [1.82, 2.24) is 10.2 Å². The fraction of sp³-hybridized carbons (Fsp3) is 0.421. The molecule has 0 saturated carbocycles. The van der Waals surface area contributed by atoms with Crippen molar-refractivity contribution in [3.8, 4) is 11.5 Å². The van der Waals surface area contributed by atoms with Crippen molar-refractivity contribution >= 4 is 22.2 Å². The molecule has 1 aromatic carbocycles. The van der Waals surface area contributed by atoms with Crippen LogP contribution in [0.1, 0.15) is 39.5 Å². The van der Waals surface area contributed by atoms with E-state index in [1.165, 1.54) is 10.4 Å². The summed E-state index contributed by atoms with van der Waals surface area (Å²) < 4.78 is 10.8. The van der Waals surface area contributed by atoms with Gasteiger partial charge in [0, 0.05) is 29.6 Å². The Balaban J connectivity index is 1.67. The predicted molar refractivity (Wildman–Crippen MR) is 102 cm³/mol. The topological polar surface area (TPSA) is 62.8 Å². The van der Waals surface area contributed by atoms with Crippen LogP contribution in [0, 0.1) is 0 Å². The van der Waals surface area contributed by atoms with E-state index >= 15 is 0 Å². The van der Waals surface area contributed by atoms with E-state index in [2.05, 4.69) is 22.5 Å². The lowest BCUT2D eigenvalue weighted by molar-refractivity contribution is 0.0934. The number of hydrogen-bond acceptors (Lipinski definition) is 6. The first kappa shape index (κ1) is 17.2. The van der Waals surface area contributed by atoms with Gasteiger partial charge in [0.05, 0.1) is 19.8 Å². The van der Waals surface area contributed by atoms with Crippen LogP contribution < -0.4 is 20.1 Å². The fourth-order valence-corrected chi connectivity index (χ4v) is 4.97. The zero-order valence-corrected chi connectivity index (χ0v) is 16.0. The van der Waals surface area contributed by atoms with Crippen LogP contribution in [0.5, 0.6) is 11.5 Å². The number of amides is 1. The van der Waals surface area contributed by atoms with E-state index < -0.39 is 0 Å². The largest absolute Gasteiger partial charge is 0.497 e. The highest BCUT2D eigenvalue weighted by Crippen LogP contribution is 2.42. The Bertz CT molecular complexity index is 849. The van der Waals surface area contributed by atoms with Crippen LogP contribution >= 0.6 is 11.3 Å². The van der Waals surface area contributed by atoms with Crippen LogP contribution in [0.2, 0.25) is 0 Å². The number of rotatable bonds is 4. The van der Waals surface area contributed by atoms with Gasteiger partial charge in [-0.1, -0.05) is 6.92 Å². The highest BCUT2D eigenvalue weighted by molar-refractivity contribution is 7.16. The molecule has 0 fully saturated rings.